The van der Waals surface area contributed by atoms with Crippen molar-refractivity contribution in [1.82, 2.24) is 0 Å². The lowest BCUT2D eigenvalue weighted by atomic mass is 10.1. The molecule has 0 aromatic heterocycles. The first kappa shape index (κ1) is 8.51. The van der Waals surface area contributed by atoms with Crippen molar-refractivity contribution in [3.05, 3.63) is 11.6 Å². The first-order chi connectivity index (χ1) is 5.16. The minimum absolute atomic E-state index is 0.359. The fraction of sp³-hybridized carbons (Fsp3) is 0.700. The Balaban J connectivity index is 2.43. The summed E-state index contributed by atoms with van der Waals surface area (Å²) in [6, 6.07) is 0. The maximum atomic E-state index is 10.9. The fourth-order valence-corrected chi connectivity index (χ4v) is 1.62. The summed E-state index contributed by atoms with van der Waals surface area (Å²) in [6.07, 6.45) is 4.41. The number of ketones is 1. The molecule has 0 radical (unpaired) electrons. The molecule has 1 rings (SSSR count). The summed E-state index contributed by atoms with van der Waals surface area (Å²) in [4.78, 5) is 10.9. The zero-order valence-corrected chi connectivity index (χ0v) is 7.55. The predicted molar refractivity (Wildman–Crippen MR) is 46.3 cm³/mol. The van der Waals surface area contributed by atoms with Crippen molar-refractivity contribution in [2.45, 2.75) is 33.6 Å². The zero-order chi connectivity index (χ0) is 8.43. The van der Waals surface area contributed by atoms with Crippen molar-refractivity contribution < 1.29 is 4.79 Å². The van der Waals surface area contributed by atoms with Crippen LogP contribution in [0.4, 0.5) is 0 Å². The molecule has 0 aliphatic heterocycles. The van der Waals surface area contributed by atoms with E-state index in [4.69, 9.17) is 0 Å². The molecule has 1 nitrogen and oxygen atoms in total. The Kier molecular flexibility index (Phi) is 2.48. The molecule has 0 aromatic carbocycles. The highest BCUT2D eigenvalue weighted by molar-refractivity contribution is 5.81. The molecule has 0 saturated heterocycles. The lowest BCUT2D eigenvalue weighted by molar-refractivity contribution is -0.118. The van der Waals surface area contributed by atoms with Crippen LogP contribution in [0.3, 0.4) is 0 Å². The first-order valence-corrected chi connectivity index (χ1v) is 4.34. The molecule has 0 N–H and O–H groups in total. The molecule has 1 aliphatic rings. The second kappa shape index (κ2) is 3.21. The van der Waals surface area contributed by atoms with Gasteiger partial charge in [0.25, 0.3) is 0 Å². The number of hydrogen-bond donors (Lipinski definition) is 0. The van der Waals surface area contributed by atoms with Crippen molar-refractivity contribution >= 4 is 5.78 Å². The van der Waals surface area contributed by atoms with Gasteiger partial charge in [-0.25, -0.2) is 0 Å². The lowest BCUT2D eigenvalue weighted by Gasteiger charge is -1.95. The summed E-state index contributed by atoms with van der Waals surface area (Å²) < 4.78 is 0. The Bertz CT molecular complexity index is 191. The second-order valence-corrected chi connectivity index (χ2v) is 3.42. The fourth-order valence-electron chi connectivity index (χ4n) is 1.62. The van der Waals surface area contributed by atoms with E-state index in [1.54, 1.807) is 6.92 Å². The molecule has 11 heavy (non-hydrogen) atoms. The van der Waals surface area contributed by atoms with E-state index in [2.05, 4.69) is 19.9 Å². The van der Waals surface area contributed by atoms with Gasteiger partial charge >= 0.3 is 0 Å². The van der Waals surface area contributed by atoms with Gasteiger partial charge in [-0.2, -0.15) is 0 Å². The second-order valence-electron chi connectivity index (χ2n) is 3.42. The summed E-state index contributed by atoms with van der Waals surface area (Å²) in [6.45, 7) is 5.97. The molecule has 62 valence electrons. The number of hydrogen-bond acceptors (Lipinski definition) is 1. The van der Waals surface area contributed by atoms with Gasteiger partial charge in [0, 0.05) is 5.92 Å². The molecular formula is C10H16O. The quantitative estimate of drug-likeness (QED) is 0.568. The maximum absolute atomic E-state index is 10.9. The third kappa shape index (κ3) is 1.92. The van der Waals surface area contributed by atoms with Crippen LogP contribution in [0.25, 0.3) is 0 Å². The molecule has 1 aliphatic carbocycles. The number of carbonyl (C=O) groups excluding carboxylic acids is 1. The van der Waals surface area contributed by atoms with E-state index < -0.39 is 0 Å². The average Bonchev–Trinajstić information content (AvgIpc) is 2.65. The van der Waals surface area contributed by atoms with E-state index >= 15 is 0 Å². The summed E-state index contributed by atoms with van der Waals surface area (Å²) >= 11 is 0. The molecule has 0 heterocycles. The molecule has 0 aromatic rings. The highest BCUT2D eigenvalue weighted by Gasteiger charge is 2.41. The van der Waals surface area contributed by atoms with Gasteiger partial charge < -0.3 is 0 Å². The standard InChI is InChI=1S/C10H16O/c1-4-5-7(2)9-6-10(9)8(3)11/h5,9-10H,4,6H2,1-3H3/b7-5+. The summed E-state index contributed by atoms with van der Waals surface area (Å²) in [5.41, 5.74) is 1.41. The molecule has 2 atom stereocenters. The van der Waals surface area contributed by atoms with Gasteiger partial charge in [-0.1, -0.05) is 18.6 Å². The van der Waals surface area contributed by atoms with E-state index in [9.17, 15) is 4.79 Å². The lowest BCUT2D eigenvalue weighted by Crippen LogP contribution is -1.95. The van der Waals surface area contributed by atoms with E-state index in [0.717, 1.165) is 12.8 Å². The summed E-state index contributed by atoms with van der Waals surface area (Å²) in [7, 11) is 0. The van der Waals surface area contributed by atoms with Gasteiger partial charge in [-0.3, -0.25) is 4.79 Å². The minimum Gasteiger partial charge on any atom is -0.300 e. The minimum atomic E-state index is 0.359. The van der Waals surface area contributed by atoms with Crippen LogP contribution >= 0.6 is 0 Å². The van der Waals surface area contributed by atoms with E-state index in [1.165, 1.54) is 5.57 Å². The monoisotopic (exact) mass is 152 g/mol. The van der Waals surface area contributed by atoms with Crippen LogP contribution in [-0.4, -0.2) is 5.78 Å². The molecule has 0 bridgehead atoms. The summed E-state index contributed by atoms with van der Waals surface area (Å²) in [5, 5.41) is 0. The van der Waals surface area contributed by atoms with Gasteiger partial charge in [-0.05, 0) is 32.6 Å². The van der Waals surface area contributed by atoms with Crippen LogP contribution in [0.1, 0.15) is 33.6 Å². The Morgan fingerprint density at radius 2 is 2.09 bits per heavy atom. The molecule has 0 spiro atoms. The van der Waals surface area contributed by atoms with Crippen molar-refractivity contribution in [3.63, 3.8) is 0 Å². The molecule has 0 amide bonds. The van der Waals surface area contributed by atoms with E-state index in [-0.39, 0.29) is 0 Å². The third-order valence-corrected chi connectivity index (χ3v) is 2.42. The normalized spacial score (nSPS) is 30.3. The first-order valence-electron chi connectivity index (χ1n) is 4.34. The van der Waals surface area contributed by atoms with Gasteiger partial charge in [0.1, 0.15) is 5.78 Å². The van der Waals surface area contributed by atoms with Crippen molar-refractivity contribution in [2.75, 3.05) is 0 Å². The number of allylic oxidation sites excluding steroid dienone is 2. The Morgan fingerprint density at radius 1 is 1.45 bits per heavy atom. The number of rotatable bonds is 3. The van der Waals surface area contributed by atoms with E-state index in [0.29, 0.717) is 17.6 Å². The molecule has 1 saturated carbocycles. The topological polar surface area (TPSA) is 17.1 Å². The van der Waals surface area contributed by atoms with Crippen LogP contribution in [0, 0.1) is 11.8 Å². The smallest absolute Gasteiger partial charge is 0.133 e. The van der Waals surface area contributed by atoms with Crippen LogP contribution in [0.15, 0.2) is 11.6 Å². The molecular weight excluding hydrogens is 136 g/mol. The van der Waals surface area contributed by atoms with Gasteiger partial charge in [0.05, 0.1) is 0 Å². The van der Waals surface area contributed by atoms with Crippen molar-refractivity contribution in [2.24, 2.45) is 11.8 Å². The average molecular weight is 152 g/mol. The van der Waals surface area contributed by atoms with Gasteiger partial charge in [0.2, 0.25) is 0 Å². The molecule has 1 fully saturated rings. The largest absolute Gasteiger partial charge is 0.300 e. The predicted octanol–water partition coefficient (Wildman–Crippen LogP) is 2.57. The Labute approximate surface area is 68.5 Å². The Hall–Kier alpha value is -0.590. The van der Waals surface area contributed by atoms with Crippen LogP contribution < -0.4 is 0 Å². The zero-order valence-electron chi connectivity index (χ0n) is 7.55. The SMILES string of the molecule is CC/C=C(\C)C1CC1C(C)=O. The van der Waals surface area contributed by atoms with Gasteiger partial charge in [-0.15, -0.1) is 0 Å². The Morgan fingerprint density at radius 3 is 2.45 bits per heavy atom. The van der Waals surface area contributed by atoms with Crippen LogP contribution in [0.2, 0.25) is 0 Å². The van der Waals surface area contributed by atoms with Crippen molar-refractivity contribution in [1.29, 1.82) is 0 Å². The maximum Gasteiger partial charge on any atom is 0.133 e. The summed E-state index contributed by atoms with van der Waals surface area (Å²) in [5.74, 6) is 1.31. The molecule has 1 heteroatoms. The number of carbonyl (C=O) groups is 1. The number of Topliss-reactive ketones (excluding diaryl/α,β-unsaturated/α-hetero) is 1. The highest BCUT2D eigenvalue weighted by Crippen LogP contribution is 2.44. The molecule has 2 unspecified atom stereocenters. The highest BCUT2D eigenvalue weighted by atomic mass is 16.1. The third-order valence-electron chi connectivity index (χ3n) is 2.42. The van der Waals surface area contributed by atoms with E-state index in [1.807, 2.05) is 0 Å². The van der Waals surface area contributed by atoms with Crippen LogP contribution in [0.5, 0.6) is 0 Å². The van der Waals surface area contributed by atoms with Gasteiger partial charge in [0.15, 0.2) is 0 Å². The van der Waals surface area contributed by atoms with Crippen LogP contribution in [-0.2, 0) is 4.79 Å². The van der Waals surface area contributed by atoms with Crippen molar-refractivity contribution in [3.8, 4) is 0 Å².